The fourth-order valence-corrected chi connectivity index (χ4v) is 5.10. The van der Waals surface area contributed by atoms with Crippen LogP contribution in [0.25, 0.3) is 0 Å². The van der Waals surface area contributed by atoms with Gasteiger partial charge in [0.2, 0.25) is 8.32 Å². The third-order valence-electron chi connectivity index (χ3n) is 5.71. The van der Waals surface area contributed by atoms with Crippen molar-refractivity contribution in [3.8, 4) is 5.75 Å². The average Bonchev–Trinajstić information content (AvgIpc) is 2.95. The number of unbranched alkanes of at least 4 members (excludes halogenated alkanes) is 1. The molecule has 26 heavy (non-hydrogen) atoms. The van der Waals surface area contributed by atoms with E-state index in [0.29, 0.717) is 5.92 Å². The lowest BCUT2D eigenvalue weighted by atomic mass is 9.91. The number of rotatable bonds is 7. The van der Waals surface area contributed by atoms with Crippen LogP contribution in [0.5, 0.6) is 5.75 Å². The van der Waals surface area contributed by atoms with Crippen molar-refractivity contribution in [2.24, 2.45) is 0 Å². The van der Waals surface area contributed by atoms with Crippen molar-refractivity contribution in [1.82, 2.24) is 0 Å². The Hall–Kier alpha value is -1.06. The summed E-state index contributed by atoms with van der Waals surface area (Å²) in [5.41, 5.74) is 4.07. The zero-order valence-corrected chi connectivity index (χ0v) is 19.7. The van der Waals surface area contributed by atoms with Crippen molar-refractivity contribution < 1.29 is 4.43 Å². The topological polar surface area (TPSA) is 9.23 Å². The van der Waals surface area contributed by atoms with Crippen molar-refractivity contribution in [3.05, 3.63) is 51.2 Å². The second-order valence-corrected chi connectivity index (χ2v) is 14.8. The minimum absolute atomic E-state index is 0.219. The second kappa shape index (κ2) is 8.31. The zero-order valence-electron chi connectivity index (χ0n) is 17.9. The summed E-state index contributed by atoms with van der Waals surface area (Å²) < 4.78 is 6.56. The van der Waals surface area contributed by atoms with Gasteiger partial charge in [-0.3, -0.25) is 0 Å². The van der Waals surface area contributed by atoms with Gasteiger partial charge in [0.1, 0.15) is 5.75 Å². The van der Waals surface area contributed by atoms with Crippen LogP contribution in [0.4, 0.5) is 0 Å². The number of aryl methyl sites for hydroxylation is 2. The molecule has 0 radical (unpaired) electrons. The Kier molecular flexibility index (Phi) is 6.79. The van der Waals surface area contributed by atoms with Gasteiger partial charge < -0.3 is 4.43 Å². The monoisotopic (exact) mass is 388 g/mol. The molecule has 144 valence electrons. The van der Waals surface area contributed by atoms with Crippen molar-refractivity contribution in [3.63, 3.8) is 0 Å². The third-order valence-corrected chi connectivity index (χ3v) is 11.2. The van der Waals surface area contributed by atoms with Gasteiger partial charge in [-0.15, -0.1) is 11.3 Å². The van der Waals surface area contributed by atoms with E-state index in [0.717, 1.165) is 5.75 Å². The van der Waals surface area contributed by atoms with E-state index in [4.69, 9.17) is 4.43 Å². The molecule has 0 aliphatic carbocycles. The third kappa shape index (κ3) is 5.01. The summed E-state index contributed by atoms with van der Waals surface area (Å²) in [6.45, 7) is 18.2. The summed E-state index contributed by atoms with van der Waals surface area (Å²) in [5, 5.41) is 2.49. The van der Waals surface area contributed by atoms with Gasteiger partial charge in [0.15, 0.2) is 0 Å². The highest BCUT2D eigenvalue weighted by molar-refractivity contribution is 7.10. The predicted molar refractivity (Wildman–Crippen MR) is 119 cm³/mol. The molecule has 0 aliphatic rings. The Morgan fingerprint density at radius 1 is 1.12 bits per heavy atom. The molecule has 1 atom stereocenters. The summed E-state index contributed by atoms with van der Waals surface area (Å²) in [6.07, 6.45) is 3.73. The molecule has 0 amide bonds. The normalized spacial score (nSPS) is 13.7. The smallest absolute Gasteiger partial charge is 0.250 e. The number of benzene rings is 1. The minimum Gasteiger partial charge on any atom is -0.543 e. The largest absolute Gasteiger partial charge is 0.543 e. The first-order chi connectivity index (χ1) is 12.0. The van der Waals surface area contributed by atoms with E-state index in [1.54, 1.807) is 0 Å². The van der Waals surface area contributed by atoms with Gasteiger partial charge in [-0.1, -0.05) is 52.7 Å². The van der Waals surface area contributed by atoms with Gasteiger partial charge in [-0.2, -0.15) is 0 Å². The van der Waals surface area contributed by atoms with Crippen LogP contribution in [0, 0.1) is 13.8 Å². The molecule has 1 aromatic carbocycles. The lowest BCUT2D eigenvalue weighted by Gasteiger charge is -2.37. The van der Waals surface area contributed by atoms with E-state index in [1.807, 2.05) is 11.3 Å². The molecule has 1 aromatic heterocycles. The molecule has 1 nitrogen and oxygen atoms in total. The lowest BCUT2D eigenvalue weighted by Crippen LogP contribution is -2.44. The molecule has 1 unspecified atom stereocenters. The van der Waals surface area contributed by atoms with Crippen LogP contribution in [0.15, 0.2) is 29.6 Å². The summed E-state index contributed by atoms with van der Waals surface area (Å²) in [6, 6.07) is 9.23. The summed E-state index contributed by atoms with van der Waals surface area (Å²) in [5.74, 6) is 1.58. The Morgan fingerprint density at radius 2 is 1.81 bits per heavy atom. The van der Waals surface area contributed by atoms with E-state index in [9.17, 15) is 0 Å². The first-order valence-electron chi connectivity index (χ1n) is 9.89. The van der Waals surface area contributed by atoms with Gasteiger partial charge in [0, 0.05) is 10.8 Å². The van der Waals surface area contributed by atoms with Crippen LogP contribution in [-0.4, -0.2) is 8.32 Å². The Balaban J connectivity index is 2.30. The summed E-state index contributed by atoms with van der Waals surface area (Å²) >= 11 is 1.90. The van der Waals surface area contributed by atoms with Crippen molar-refractivity contribution in [2.45, 2.75) is 84.9 Å². The quantitative estimate of drug-likeness (QED) is 0.436. The van der Waals surface area contributed by atoms with Crippen molar-refractivity contribution in [2.75, 3.05) is 0 Å². The van der Waals surface area contributed by atoms with E-state index in [-0.39, 0.29) is 5.04 Å². The van der Waals surface area contributed by atoms with Gasteiger partial charge >= 0.3 is 0 Å². The Labute approximate surface area is 165 Å². The molecule has 0 saturated heterocycles. The number of hydrogen-bond donors (Lipinski definition) is 0. The average molecular weight is 389 g/mol. The highest BCUT2D eigenvalue weighted by Gasteiger charge is 2.39. The number of thiophene rings is 1. The molecule has 3 heteroatoms. The fraction of sp³-hybridized carbons (Fsp3) is 0.565. The standard InChI is InChI=1S/C23H36OSSi/c1-9-10-11-20(22-14-17(2)16-25-22)19-12-13-21(18(3)15-19)24-26(7,8)23(4,5)6/h12-16,20H,9-11H2,1-8H3. The van der Waals surface area contributed by atoms with Gasteiger partial charge in [0.05, 0.1) is 0 Å². The van der Waals surface area contributed by atoms with Crippen LogP contribution >= 0.6 is 11.3 Å². The fourth-order valence-electron chi connectivity index (χ4n) is 2.95. The molecule has 2 aromatic rings. The van der Waals surface area contributed by atoms with E-state index in [1.165, 1.54) is 40.8 Å². The maximum absolute atomic E-state index is 6.56. The maximum Gasteiger partial charge on any atom is 0.250 e. The molecule has 0 bridgehead atoms. The molecule has 1 heterocycles. The van der Waals surface area contributed by atoms with E-state index < -0.39 is 8.32 Å². The van der Waals surface area contributed by atoms with Gasteiger partial charge in [-0.05, 0) is 72.6 Å². The number of hydrogen-bond acceptors (Lipinski definition) is 2. The Bertz CT molecular complexity index is 724. The molecule has 2 rings (SSSR count). The molecular weight excluding hydrogens is 352 g/mol. The predicted octanol–water partition coefficient (Wildman–Crippen LogP) is 8.07. The molecular formula is C23H36OSSi. The first-order valence-corrected chi connectivity index (χ1v) is 13.7. The summed E-state index contributed by atoms with van der Waals surface area (Å²) in [4.78, 5) is 1.49. The first kappa shape index (κ1) is 21.2. The van der Waals surface area contributed by atoms with Gasteiger partial charge in [-0.25, -0.2) is 0 Å². The molecule has 0 fully saturated rings. The van der Waals surface area contributed by atoms with Crippen LogP contribution in [0.1, 0.15) is 74.4 Å². The zero-order chi connectivity index (χ0) is 19.5. The highest BCUT2D eigenvalue weighted by Crippen LogP contribution is 2.40. The summed E-state index contributed by atoms with van der Waals surface area (Å²) in [7, 11) is -1.80. The van der Waals surface area contributed by atoms with Crippen LogP contribution < -0.4 is 4.43 Å². The molecule has 0 saturated carbocycles. The van der Waals surface area contributed by atoms with Crippen molar-refractivity contribution >= 4 is 19.7 Å². The van der Waals surface area contributed by atoms with E-state index >= 15 is 0 Å². The van der Waals surface area contributed by atoms with E-state index in [2.05, 4.69) is 84.3 Å². The Morgan fingerprint density at radius 3 is 2.31 bits per heavy atom. The van der Waals surface area contributed by atoms with Crippen LogP contribution in [0.2, 0.25) is 18.1 Å². The SMILES string of the molecule is CCCCC(c1ccc(O[Si](C)(C)C(C)(C)C)c(C)c1)c1cc(C)cs1. The minimum atomic E-state index is -1.80. The van der Waals surface area contributed by atoms with Crippen LogP contribution in [-0.2, 0) is 0 Å². The van der Waals surface area contributed by atoms with Crippen molar-refractivity contribution in [1.29, 1.82) is 0 Å². The maximum atomic E-state index is 6.56. The second-order valence-electron chi connectivity index (χ2n) is 9.11. The molecule has 0 N–H and O–H groups in total. The lowest BCUT2D eigenvalue weighted by molar-refractivity contribution is 0.489. The molecule has 0 aliphatic heterocycles. The van der Waals surface area contributed by atoms with Gasteiger partial charge in [0.25, 0.3) is 0 Å². The van der Waals surface area contributed by atoms with Crippen LogP contribution in [0.3, 0.4) is 0 Å². The molecule has 0 spiro atoms. The highest BCUT2D eigenvalue weighted by atomic mass is 32.1.